The molecule has 0 saturated carbocycles. The first kappa shape index (κ1) is 11.1. The van der Waals surface area contributed by atoms with Crippen LogP contribution >= 0.6 is 0 Å². The van der Waals surface area contributed by atoms with Crippen molar-refractivity contribution < 1.29 is 0 Å². The van der Waals surface area contributed by atoms with Gasteiger partial charge in [-0.1, -0.05) is 24.8 Å². The number of nitrogens with zero attached hydrogens (tertiary/aromatic N) is 2. The van der Waals surface area contributed by atoms with Gasteiger partial charge < -0.3 is 5.73 Å². The Kier molecular flexibility index (Phi) is 3.31. The maximum atomic E-state index is 5.91. The van der Waals surface area contributed by atoms with Crippen molar-refractivity contribution in [3.05, 3.63) is 60.4 Å². The molecule has 0 fully saturated rings. The summed E-state index contributed by atoms with van der Waals surface area (Å²) < 4.78 is 0. The van der Waals surface area contributed by atoms with Gasteiger partial charge in [0, 0.05) is 23.7 Å². The highest BCUT2D eigenvalue weighted by molar-refractivity contribution is 5.93. The number of anilines is 1. The summed E-state index contributed by atoms with van der Waals surface area (Å²) in [6, 6.07) is 9.42. The number of nitrogens with two attached hydrogens (primary N) is 1. The normalized spacial score (nSPS) is 10.6. The predicted octanol–water partition coefficient (Wildman–Crippen LogP) is 3.06. The number of aliphatic imine (C=N–C) groups is 1. The lowest BCUT2D eigenvalue weighted by molar-refractivity contribution is 1.31. The van der Waals surface area contributed by atoms with E-state index in [9.17, 15) is 0 Å². The molecule has 2 rings (SSSR count). The first-order valence-corrected chi connectivity index (χ1v) is 5.26. The molecule has 0 unspecified atom stereocenters. The highest BCUT2D eigenvalue weighted by Gasteiger charge is 2.00. The van der Waals surface area contributed by atoms with Crippen LogP contribution in [0.1, 0.15) is 11.1 Å². The van der Waals surface area contributed by atoms with Crippen LogP contribution in [0.5, 0.6) is 0 Å². The van der Waals surface area contributed by atoms with Gasteiger partial charge in [0.05, 0.1) is 11.9 Å². The fourth-order valence-corrected chi connectivity index (χ4v) is 1.50. The van der Waals surface area contributed by atoms with Gasteiger partial charge in [-0.05, 0) is 23.8 Å². The largest absolute Gasteiger partial charge is 0.398 e. The summed E-state index contributed by atoms with van der Waals surface area (Å²) in [6.45, 7) is 3.76. The molecule has 0 aliphatic rings. The molecule has 0 aliphatic heterocycles. The van der Waals surface area contributed by atoms with Gasteiger partial charge >= 0.3 is 0 Å². The van der Waals surface area contributed by atoms with Crippen LogP contribution in [0.2, 0.25) is 0 Å². The lowest BCUT2D eigenvalue weighted by Crippen LogP contribution is -1.95. The first-order valence-electron chi connectivity index (χ1n) is 5.26. The molecule has 17 heavy (non-hydrogen) atoms. The number of hydrogen-bond donors (Lipinski definition) is 1. The summed E-state index contributed by atoms with van der Waals surface area (Å²) in [4.78, 5) is 8.33. The van der Waals surface area contributed by atoms with E-state index in [1.807, 2.05) is 30.3 Å². The molecule has 1 heterocycles. The second kappa shape index (κ2) is 5.07. The van der Waals surface area contributed by atoms with Crippen molar-refractivity contribution in [2.45, 2.75) is 0 Å². The molecule has 84 valence electrons. The molecule has 0 aliphatic carbocycles. The Morgan fingerprint density at radius 3 is 2.82 bits per heavy atom. The fraction of sp³-hybridized carbons (Fsp3) is 0. The molecule has 0 saturated heterocycles. The van der Waals surface area contributed by atoms with Crippen molar-refractivity contribution in [3.8, 4) is 0 Å². The zero-order chi connectivity index (χ0) is 12.1. The summed E-state index contributed by atoms with van der Waals surface area (Å²) in [5, 5.41) is 0. The minimum absolute atomic E-state index is 0.690. The van der Waals surface area contributed by atoms with E-state index in [0.717, 1.165) is 16.8 Å². The zero-order valence-corrected chi connectivity index (χ0v) is 9.38. The van der Waals surface area contributed by atoms with Crippen molar-refractivity contribution in [3.63, 3.8) is 0 Å². The van der Waals surface area contributed by atoms with Gasteiger partial charge in [0.1, 0.15) is 0 Å². The maximum Gasteiger partial charge on any atom is 0.0813 e. The molecule has 0 bridgehead atoms. The zero-order valence-electron chi connectivity index (χ0n) is 9.38. The van der Waals surface area contributed by atoms with Gasteiger partial charge in [0.25, 0.3) is 0 Å². The third kappa shape index (κ3) is 2.58. The monoisotopic (exact) mass is 223 g/mol. The lowest BCUT2D eigenvalue weighted by Gasteiger charge is -2.03. The van der Waals surface area contributed by atoms with Crippen molar-refractivity contribution >= 4 is 23.7 Å². The smallest absolute Gasteiger partial charge is 0.0813 e. The number of pyridine rings is 1. The van der Waals surface area contributed by atoms with E-state index in [1.54, 1.807) is 24.7 Å². The maximum absolute atomic E-state index is 5.91. The number of benzene rings is 1. The molecule has 3 heteroatoms. The van der Waals surface area contributed by atoms with Crippen molar-refractivity contribution in [1.29, 1.82) is 0 Å². The minimum atomic E-state index is 0.690. The molecule has 3 nitrogen and oxygen atoms in total. The summed E-state index contributed by atoms with van der Waals surface area (Å²) in [6.07, 6.45) is 6.92. The van der Waals surface area contributed by atoms with Gasteiger partial charge in [0.2, 0.25) is 0 Å². The number of nitrogen functional groups attached to an aromatic ring is 1. The van der Waals surface area contributed by atoms with E-state index in [-0.39, 0.29) is 0 Å². The highest BCUT2D eigenvalue weighted by Crippen LogP contribution is 2.17. The van der Waals surface area contributed by atoms with Gasteiger partial charge in [-0.3, -0.25) is 9.98 Å². The number of aromatic nitrogens is 1. The summed E-state index contributed by atoms with van der Waals surface area (Å²) >= 11 is 0. The quantitative estimate of drug-likeness (QED) is 0.642. The molecular formula is C14H13N3. The Morgan fingerprint density at radius 2 is 2.12 bits per heavy atom. The third-order valence-corrected chi connectivity index (χ3v) is 2.38. The lowest BCUT2D eigenvalue weighted by atomic mass is 10.1. The van der Waals surface area contributed by atoms with Crippen LogP contribution in [-0.2, 0) is 0 Å². The second-order valence-corrected chi connectivity index (χ2v) is 3.52. The van der Waals surface area contributed by atoms with Crippen LogP contribution in [0.3, 0.4) is 0 Å². The van der Waals surface area contributed by atoms with Gasteiger partial charge in [-0.15, -0.1) is 0 Å². The SMILES string of the molecule is C=Cc1cccc(N)c1C=Nc1cccnc1. The van der Waals surface area contributed by atoms with Gasteiger partial charge in [-0.25, -0.2) is 0 Å². The molecule has 2 N–H and O–H groups in total. The molecule has 2 aromatic rings. The molecule has 0 atom stereocenters. The first-order chi connectivity index (χ1) is 8.31. The number of rotatable bonds is 3. The average molecular weight is 223 g/mol. The molecule has 0 radical (unpaired) electrons. The number of hydrogen-bond acceptors (Lipinski definition) is 3. The average Bonchev–Trinajstić information content (AvgIpc) is 2.38. The molecular weight excluding hydrogens is 210 g/mol. The van der Waals surface area contributed by atoms with Crippen LogP contribution in [0.25, 0.3) is 6.08 Å². The Morgan fingerprint density at radius 1 is 1.24 bits per heavy atom. The van der Waals surface area contributed by atoms with E-state index >= 15 is 0 Å². The van der Waals surface area contributed by atoms with Crippen molar-refractivity contribution in [2.75, 3.05) is 5.73 Å². The topological polar surface area (TPSA) is 51.3 Å². The van der Waals surface area contributed by atoms with Crippen LogP contribution < -0.4 is 5.73 Å². The van der Waals surface area contributed by atoms with Crippen molar-refractivity contribution in [2.24, 2.45) is 4.99 Å². The fourth-order valence-electron chi connectivity index (χ4n) is 1.50. The molecule has 0 spiro atoms. The Labute approximate surface area is 100 Å². The molecule has 1 aromatic heterocycles. The van der Waals surface area contributed by atoms with E-state index < -0.39 is 0 Å². The van der Waals surface area contributed by atoms with Gasteiger partial charge in [0.15, 0.2) is 0 Å². The summed E-state index contributed by atoms with van der Waals surface area (Å²) in [5.74, 6) is 0. The standard InChI is InChI=1S/C14H13N3/c1-2-11-5-3-7-14(15)13(11)10-17-12-6-4-8-16-9-12/h2-10H,1,15H2. The van der Waals surface area contributed by atoms with E-state index in [0.29, 0.717) is 5.69 Å². The summed E-state index contributed by atoms with van der Waals surface area (Å²) in [5.41, 5.74) is 9.24. The Hall–Kier alpha value is -2.42. The molecule has 1 aromatic carbocycles. The van der Waals surface area contributed by atoms with Crippen LogP contribution in [0, 0.1) is 0 Å². The highest BCUT2D eigenvalue weighted by atomic mass is 14.8. The van der Waals surface area contributed by atoms with E-state index in [1.165, 1.54) is 0 Å². The van der Waals surface area contributed by atoms with E-state index in [2.05, 4.69) is 16.6 Å². The minimum Gasteiger partial charge on any atom is -0.398 e. The van der Waals surface area contributed by atoms with Crippen LogP contribution in [0.15, 0.2) is 54.3 Å². The van der Waals surface area contributed by atoms with E-state index in [4.69, 9.17) is 5.73 Å². The van der Waals surface area contributed by atoms with Crippen LogP contribution in [0.4, 0.5) is 11.4 Å². The third-order valence-electron chi connectivity index (χ3n) is 2.38. The second-order valence-electron chi connectivity index (χ2n) is 3.52. The Balaban J connectivity index is 2.36. The van der Waals surface area contributed by atoms with Crippen molar-refractivity contribution in [1.82, 2.24) is 4.98 Å². The summed E-state index contributed by atoms with van der Waals surface area (Å²) in [7, 11) is 0. The van der Waals surface area contributed by atoms with Gasteiger partial charge in [-0.2, -0.15) is 0 Å². The van der Waals surface area contributed by atoms with Crippen LogP contribution in [-0.4, -0.2) is 11.2 Å². The predicted molar refractivity (Wildman–Crippen MR) is 72.4 cm³/mol. The Bertz CT molecular complexity index is 545. The molecule has 0 amide bonds.